The Kier molecular flexibility index (Phi) is 7.80. The topological polar surface area (TPSA) is 149 Å². The molecule has 2 saturated carbocycles. The number of hydrogen-bond acceptors (Lipinski definition) is 10. The molecule has 3 unspecified atom stereocenters. The normalized spacial score (nSPS) is 32.8. The smallest absolute Gasteiger partial charge is 0.345 e. The second-order valence-electron chi connectivity index (χ2n) is 13.7. The molecule has 0 radical (unpaired) electrons. The van der Waals surface area contributed by atoms with Crippen LogP contribution in [0.5, 0.6) is 5.75 Å². The Morgan fingerprint density at radius 2 is 1.91 bits per heavy atom. The van der Waals surface area contributed by atoms with Crippen LogP contribution in [0.3, 0.4) is 0 Å². The Labute approximate surface area is 267 Å². The summed E-state index contributed by atoms with van der Waals surface area (Å²) >= 11 is 0. The first-order valence-electron chi connectivity index (χ1n) is 15.6. The molecule has 1 N–H and O–H groups in total. The fourth-order valence-electron chi connectivity index (χ4n) is 8.58. The molecule has 3 aliphatic rings. The fraction of sp³-hybridized carbons (Fsp3) is 0.472. The van der Waals surface area contributed by atoms with E-state index >= 15 is 0 Å². The molecular weight excluding hydrogens is 588 g/mol. The van der Waals surface area contributed by atoms with Crippen molar-refractivity contribution in [1.29, 1.82) is 5.26 Å². The van der Waals surface area contributed by atoms with Crippen LogP contribution in [0.2, 0.25) is 0 Å². The van der Waals surface area contributed by atoms with Gasteiger partial charge in [-0.2, -0.15) is 5.26 Å². The standard InChI is InChI=1S/C36H38N2O8/c1-20-12-13-34(3)27(35(20,4)19-43-21(2)39)16-28(45-32(41)23-10-8-22(17-37)9-11-23)36(5)31(34)30(40)29-26(46-36)15-25(44-33(29)42)24-7-6-14-38-18-24/h6-11,14-15,18,20,27-28,30-31,40H,12-13,16,19H2,1-5H3/t20-,27?,28-,30?,31?,34-,35-,36+/m0/s1. The van der Waals surface area contributed by atoms with E-state index in [2.05, 4.69) is 25.8 Å². The van der Waals surface area contributed by atoms with E-state index in [0.29, 0.717) is 24.0 Å². The number of pyridine rings is 1. The number of esters is 2. The molecule has 1 aromatic carbocycles. The zero-order chi connectivity index (χ0) is 33.0. The quantitative estimate of drug-likeness (QED) is 0.353. The minimum absolute atomic E-state index is 0.0227. The van der Waals surface area contributed by atoms with Gasteiger partial charge >= 0.3 is 17.6 Å². The number of hydrogen-bond donors (Lipinski definition) is 1. The van der Waals surface area contributed by atoms with Crippen LogP contribution >= 0.6 is 0 Å². The molecule has 2 aliphatic carbocycles. The minimum Gasteiger partial charge on any atom is -0.482 e. The van der Waals surface area contributed by atoms with E-state index in [0.717, 1.165) is 6.42 Å². The Hall–Kier alpha value is -4.49. The third-order valence-electron chi connectivity index (χ3n) is 11.2. The lowest BCUT2D eigenvalue weighted by molar-refractivity contribution is -0.257. The highest BCUT2D eigenvalue weighted by Gasteiger charge is 2.70. The molecule has 6 rings (SSSR count). The molecule has 10 heteroatoms. The van der Waals surface area contributed by atoms with Gasteiger partial charge in [0, 0.05) is 42.3 Å². The first-order chi connectivity index (χ1) is 21.8. The predicted molar refractivity (Wildman–Crippen MR) is 165 cm³/mol. The number of nitrogens with zero attached hydrogens (tertiary/aromatic N) is 2. The summed E-state index contributed by atoms with van der Waals surface area (Å²) in [6.07, 6.45) is 2.88. The maximum absolute atomic E-state index is 13.7. The molecule has 2 fully saturated rings. The van der Waals surface area contributed by atoms with Gasteiger partial charge in [0.15, 0.2) is 0 Å². The van der Waals surface area contributed by atoms with Gasteiger partial charge in [-0.1, -0.05) is 20.8 Å². The molecule has 1 aliphatic heterocycles. The fourth-order valence-corrected chi connectivity index (χ4v) is 8.58. The molecule has 8 atom stereocenters. The van der Waals surface area contributed by atoms with Gasteiger partial charge in [-0.05, 0) is 79.8 Å². The van der Waals surface area contributed by atoms with Crippen molar-refractivity contribution in [2.75, 3.05) is 6.61 Å². The summed E-state index contributed by atoms with van der Waals surface area (Å²) in [6.45, 7) is 9.69. The lowest BCUT2D eigenvalue weighted by Crippen LogP contribution is -2.70. The van der Waals surface area contributed by atoms with Crippen LogP contribution in [0, 0.1) is 39.9 Å². The number of rotatable bonds is 5. The highest BCUT2D eigenvalue weighted by atomic mass is 16.6. The minimum atomic E-state index is -1.30. The molecule has 3 aromatic rings. The summed E-state index contributed by atoms with van der Waals surface area (Å²) in [6, 6.07) is 13.3. The van der Waals surface area contributed by atoms with Crippen molar-refractivity contribution >= 4 is 11.9 Å². The maximum Gasteiger partial charge on any atom is 0.345 e. The highest BCUT2D eigenvalue weighted by Crippen LogP contribution is 2.68. The molecule has 3 heterocycles. The average Bonchev–Trinajstić information content (AvgIpc) is 3.03. The molecular formula is C36H38N2O8. The lowest BCUT2D eigenvalue weighted by atomic mass is 9.41. The maximum atomic E-state index is 13.7. The van der Waals surface area contributed by atoms with E-state index in [9.17, 15) is 24.8 Å². The number of fused-ring (bicyclic) bond motifs is 4. The molecule has 2 aromatic heterocycles. The zero-order valence-electron chi connectivity index (χ0n) is 26.6. The van der Waals surface area contributed by atoms with Crippen LogP contribution in [0.4, 0.5) is 0 Å². The van der Waals surface area contributed by atoms with Crippen LogP contribution < -0.4 is 10.4 Å². The Morgan fingerprint density at radius 3 is 2.57 bits per heavy atom. The molecule has 10 nitrogen and oxygen atoms in total. The van der Waals surface area contributed by atoms with Crippen LogP contribution in [-0.2, 0) is 14.3 Å². The third kappa shape index (κ3) is 4.98. The Morgan fingerprint density at radius 1 is 1.17 bits per heavy atom. The molecule has 0 spiro atoms. The number of aliphatic hydroxyl groups is 1. The van der Waals surface area contributed by atoms with Gasteiger partial charge in [0.05, 0.1) is 29.9 Å². The van der Waals surface area contributed by atoms with Gasteiger partial charge in [0.1, 0.15) is 28.8 Å². The number of carbonyl (C=O) groups is 2. The van der Waals surface area contributed by atoms with Crippen LogP contribution in [0.25, 0.3) is 11.3 Å². The first-order valence-corrected chi connectivity index (χ1v) is 15.6. The van der Waals surface area contributed by atoms with E-state index < -0.39 is 46.2 Å². The second kappa shape index (κ2) is 11.4. The number of aliphatic hydroxyl groups excluding tert-OH is 1. The Balaban J connectivity index is 1.48. The van der Waals surface area contributed by atoms with E-state index in [1.807, 2.05) is 13.0 Å². The van der Waals surface area contributed by atoms with Gasteiger partial charge < -0.3 is 23.7 Å². The summed E-state index contributed by atoms with van der Waals surface area (Å²) in [5.41, 5.74) is -1.86. The van der Waals surface area contributed by atoms with E-state index in [-0.39, 0.29) is 47.0 Å². The van der Waals surface area contributed by atoms with Crippen LogP contribution in [-0.4, -0.2) is 40.3 Å². The van der Waals surface area contributed by atoms with Gasteiger partial charge in [-0.3, -0.25) is 9.78 Å². The van der Waals surface area contributed by atoms with Crippen molar-refractivity contribution in [3.05, 3.63) is 82.0 Å². The third-order valence-corrected chi connectivity index (χ3v) is 11.2. The largest absolute Gasteiger partial charge is 0.482 e. The van der Waals surface area contributed by atoms with Crippen molar-refractivity contribution in [2.24, 2.45) is 28.6 Å². The number of benzene rings is 1. The van der Waals surface area contributed by atoms with Crippen molar-refractivity contribution in [3.8, 4) is 23.1 Å². The summed E-state index contributed by atoms with van der Waals surface area (Å²) in [4.78, 5) is 43.4. The van der Waals surface area contributed by atoms with E-state index in [1.165, 1.54) is 6.92 Å². The van der Waals surface area contributed by atoms with E-state index in [1.54, 1.807) is 54.9 Å². The number of aromatic nitrogens is 1. The van der Waals surface area contributed by atoms with Crippen molar-refractivity contribution in [2.45, 2.75) is 71.7 Å². The van der Waals surface area contributed by atoms with E-state index in [4.69, 9.17) is 18.6 Å². The monoisotopic (exact) mass is 626 g/mol. The SMILES string of the molecule is CC(=O)OC[C@]1(C)C2C[C@H](OC(=O)c3ccc(C#N)cc3)[C@@]3(C)Oc4cc(-c5cccnc5)oc(=O)c4C(O)C3[C@@]2(C)CC[C@@H]1C. The molecule has 0 saturated heterocycles. The summed E-state index contributed by atoms with van der Waals surface area (Å²) in [5.74, 6) is -1.33. The molecule has 0 amide bonds. The van der Waals surface area contributed by atoms with Gasteiger partial charge in [-0.25, -0.2) is 9.59 Å². The second-order valence-corrected chi connectivity index (χ2v) is 13.7. The van der Waals surface area contributed by atoms with Crippen LogP contribution in [0.15, 0.2) is 64.1 Å². The lowest BCUT2D eigenvalue weighted by Gasteiger charge is -2.66. The van der Waals surface area contributed by atoms with Crippen molar-refractivity contribution < 1.29 is 33.3 Å². The average molecular weight is 627 g/mol. The summed E-state index contributed by atoms with van der Waals surface area (Å²) < 4.78 is 24.4. The number of nitriles is 1. The predicted octanol–water partition coefficient (Wildman–Crippen LogP) is 5.63. The highest BCUT2D eigenvalue weighted by molar-refractivity contribution is 5.89. The number of carbonyl (C=O) groups excluding carboxylic acids is 2. The summed E-state index contributed by atoms with van der Waals surface area (Å²) in [7, 11) is 0. The van der Waals surface area contributed by atoms with Crippen molar-refractivity contribution in [1.82, 2.24) is 4.98 Å². The zero-order valence-corrected chi connectivity index (χ0v) is 26.6. The summed E-state index contributed by atoms with van der Waals surface area (Å²) in [5, 5.41) is 21.5. The van der Waals surface area contributed by atoms with Crippen molar-refractivity contribution in [3.63, 3.8) is 0 Å². The van der Waals surface area contributed by atoms with Gasteiger partial charge in [0.2, 0.25) is 0 Å². The number of ether oxygens (including phenoxy) is 3. The molecule has 46 heavy (non-hydrogen) atoms. The van der Waals surface area contributed by atoms with Gasteiger partial charge in [-0.15, -0.1) is 0 Å². The van der Waals surface area contributed by atoms with Gasteiger partial charge in [0.25, 0.3) is 0 Å². The first kappa shape index (κ1) is 31.5. The molecule has 240 valence electrons. The molecule has 0 bridgehead atoms. The Bertz CT molecular complexity index is 1770. The van der Waals surface area contributed by atoms with Crippen LogP contribution in [0.1, 0.15) is 81.5 Å².